The average molecular weight is 431 g/mol. The molecule has 32 heavy (non-hydrogen) atoms. The molecule has 1 amide bonds. The van der Waals surface area contributed by atoms with E-state index in [-0.39, 0.29) is 12.5 Å². The highest BCUT2D eigenvalue weighted by molar-refractivity contribution is 5.95. The molecule has 0 saturated carbocycles. The number of pyridine rings is 1. The van der Waals surface area contributed by atoms with Crippen molar-refractivity contribution in [3.63, 3.8) is 0 Å². The van der Waals surface area contributed by atoms with Gasteiger partial charge in [0.25, 0.3) is 5.91 Å². The Morgan fingerprint density at radius 2 is 1.78 bits per heavy atom. The van der Waals surface area contributed by atoms with Gasteiger partial charge in [-0.3, -0.25) is 4.79 Å². The highest BCUT2D eigenvalue weighted by Gasteiger charge is 2.18. The van der Waals surface area contributed by atoms with Crippen molar-refractivity contribution in [1.82, 2.24) is 20.1 Å². The molecule has 7 nitrogen and oxygen atoms in total. The van der Waals surface area contributed by atoms with Gasteiger partial charge < -0.3 is 14.8 Å². The molecule has 0 aliphatic rings. The van der Waals surface area contributed by atoms with Gasteiger partial charge in [0.2, 0.25) is 5.88 Å². The molecule has 4 aromatic rings. The van der Waals surface area contributed by atoms with Gasteiger partial charge in [-0.25, -0.2) is 4.68 Å². The Morgan fingerprint density at radius 1 is 1.06 bits per heavy atom. The zero-order valence-electron chi connectivity index (χ0n) is 18.2. The van der Waals surface area contributed by atoms with Crippen molar-refractivity contribution < 1.29 is 14.3 Å². The predicted molar refractivity (Wildman–Crippen MR) is 124 cm³/mol. The molecule has 0 spiro atoms. The third-order valence-electron chi connectivity index (χ3n) is 5.06. The van der Waals surface area contributed by atoms with Gasteiger partial charge in [-0.05, 0) is 31.0 Å². The van der Waals surface area contributed by atoms with Gasteiger partial charge in [-0.2, -0.15) is 10.1 Å². The number of methoxy groups -OCH3 is 1. The standard InChI is InChI=1S/C25H26N4O3/c1-18-16-22(32-17-21(30)26-14-9-15-31-2)27-25-23(18)24(19-10-5-3-6-11-19)28-29(25)20-12-7-4-8-13-20/h3-8,10-13,16H,9,14-15,17H2,1-2H3,(H,26,30). The van der Waals surface area contributed by atoms with Crippen LogP contribution in [0.4, 0.5) is 0 Å². The molecule has 7 heteroatoms. The van der Waals surface area contributed by atoms with E-state index >= 15 is 0 Å². The molecular formula is C25H26N4O3. The van der Waals surface area contributed by atoms with Crippen molar-refractivity contribution in [2.24, 2.45) is 0 Å². The maximum Gasteiger partial charge on any atom is 0.258 e. The first-order valence-electron chi connectivity index (χ1n) is 10.6. The number of carbonyl (C=O) groups excluding carboxylic acids is 1. The maximum absolute atomic E-state index is 12.1. The summed E-state index contributed by atoms with van der Waals surface area (Å²) >= 11 is 0. The summed E-state index contributed by atoms with van der Waals surface area (Å²) in [6.45, 7) is 3.05. The number of ether oxygens (including phenoxy) is 2. The minimum absolute atomic E-state index is 0.101. The zero-order valence-corrected chi connectivity index (χ0v) is 18.2. The summed E-state index contributed by atoms with van der Waals surface area (Å²) in [5.41, 5.74) is 4.44. The average Bonchev–Trinajstić information content (AvgIpc) is 3.22. The van der Waals surface area contributed by atoms with E-state index in [9.17, 15) is 4.79 Å². The van der Waals surface area contributed by atoms with E-state index in [1.165, 1.54) is 0 Å². The monoisotopic (exact) mass is 430 g/mol. The number of aromatic nitrogens is 3. The highest BCUT2D eigenvalue weighted by atomic mass is 16.5. The van der Waals surface area contributed by atoms with E-state index < -0.39 is 0 Å². The Kier molecular flexibility index (Phi) is 6.77. The molecule has 0 unspecified atom stereocenters. The minimum Gasteiger partial charge on any atom is -0.468 e. The number of amides is 1. The third kappa shape index (κ3) is 4.78. The van der Waals surface area contributed by atoms with Crippen LogP contribution in [0.25, 0.3) is 28.0 Å². The topological polar surface area (TPSA) is 78.3 Å². The second-order valence-corrected chi connectivity index (χ2v) is 7.42. The van der Waals surface area contributed by atoms with Crippen LogP contribution in [-0.2, 0) is 9.53 Å². The number of carbonyl (C=O) groups is 1. The van der Waals surface area contributed by atoms with Crippen molar-refractivity contribution >= 4 is 16.9 Å². The van der Waals surface area contributed by atoms with Crippen LogP contribution in [0.2, 0.25) is 0 Å². The normalized spacial score (nSPS) is 10.9. The lowest BCUT2D eigenvalue weighted by molar-refractivity contribution is -0.123. The zero-order chi connectivity index (χ0) is 22.3. The van der Waals surface area contributed by atoms with Gasteiger partial charge in [0, 0.05) is 31.9 Å². The third-order valence-corrected chi connectivity index (χ3v) is 5.06. The Hall–Kier alpha value is -3.71. The van der Waals surface area contributed by atoms with Crippen LogP contribution in [-0.4, -0.2) is 47.5 Å². The molecular weight excluding hydrogens is 404 g/mol. The van der Waals surface area contributed by atoms with Crippen molar-refractivity contribution in [2.75, 3.05) is 26.9 Å². The molecule has 2 heterocycles. The second-order valence-electron chi connectivity index (χ2n) is 7.42. The lowest BCUT2D eigenvalue weighted by Gasteiger charge is -2.09. The lowest BCUT2D eigenvalue weighted by Crippen LogP contribution is -2.30. The van der Waals surface area contributed by atoms with Gasteiger partial charge >= 0.3 is 0 Å². The fourth-order valence-corrected chi connectivity index (χ4v) is 3.53. The number of nitrogens with one attached hydrogen (secondary N) is 1. The molecule has 4 rings (SSSR count). The number of para-hydroxylation sites is 1. The molecule has 164 valence electrons. The molecule has 0 aliphatic heterocycles. The Bertz CT molecular complexity index is 1190. The molecule has 0 aliphatic carbocycles. The smallest absolute Gasteiger partial charge is 0.258 e. The SMILES string of the molecule is COCCCNC(=O)COc1cc(C)c2c(-c3ccccc3)nn(-c3ccccc3)c2n1. The van der Waals surface area contributed by atoms with Gasteiger partial charge in [-0.1, -0.05) is 48.5 Å². The van der Waals surface area contributed by atoms with Gasteiger partial charge in [-0.15, -0.1) is 0 Å². The maximum atomic E-state index is 12.1. The summed E-state index contributed by atoms with van der Waals surface area (Å²) in [4.78, 5) is 16.8. The quantitative estimate of drug-likeness (QED) is 0.407. The molecule has 1 N–H and O–H groups in total. The lowest BCUT2D eigenvalue weighted by atomic mass is 10.1. The van der Waals surface area contributed by atoms with E-state index in [4.69, 9.17) is 19.6 Å². The van der Waals surface area contributed by atoms with Gasteiger partial charge in [0.1, 0.15) is 5.69 Å². The van der Waals surface area contributed by atoms with Crippen LogP contribution in [0.3, 0.4) is 0 Å². The number of fused-ring (bicyclic) bond motifs is 1. The number of nitrogens with zero attached hydrogens (tertiary/aromatic N) is 3. The highest BCUT2D eigenvalue weighted by Crippen LogP contribution is 2.33. The van der Waals surface area contributed by atoms with E-state index in [2.05, 4.69) is 5.32 Å². The van der Waals surface area contributed by atoms with Crippen LogP contribution in [0.15, 0.2) is 66.7 Å². The van der Waals surface area contributed by atoms with Crippen LogP contribution in [0, 0.1) is 6.92 Å². The fourth-order valence-electron chi connectivity index (χ4n) is 3.53. The van der Waals surface area contributed by atoms with E-state index in [0.717, 1.165) is 34.3 Å². The Labute approximate surface area is 187 Å². The number of aryl methyl sites for hydroxylation is 1. The van der Waals surface area contributed by atoms with Crippen LogP contribution in [0.5, 0.6) is 5.88 Å². The first-order valence-corrected chi connectivity index (χ1v) is 10.6. The number of hydrogen-bond donors (Lipinski definition) is 1. The first-order chi connectivity index (χ1) is 15.7. The summed E-state index contributed by atoms with van der Waals surface area (Å²) in [5, 5.41) is 8.66. The van der Waals surface area contributed by atoms with Crippen LogP contribution < -0.4 is 10.1 Å². The Morgan fingerprint density at radius 3 is 2.50 bits per heavy atom. The van der Waals surface area contributed by atoms with Crippen molar-refractivity contribution in [1.29, 1.82) is 0 Å². The van der Waals surface area contributed by atoms with Crippen LogP contribution >= 0.6 is 0 Å². The molecule has 0 atom stereocenters. The second kappa shape index (κ2) is 10.1. The number of benzene rings is 2. The predicted octanol–water partition coefficient (Wildman–Crippen LogP) is 3.93. The van der Waals surface area contributed by atoms with Crippen molar-refractivity contribution in [3.05, 3.63) is 72.3 Å². The summed E-state index contributed by atoms with van der Waals surface area (Å²) < 4.78 is 12.5. The summed E-state index contributed by atoms with van der Waals surface area (Å²) in [7, 11) is 1.64. The molecule has 0 bridgehead atoms. The molecule has 0 fully saturated rings. The van der Waals surface area contributed by atoms with Crippen LogP contribution in [0.1, 0.15) is 12.0 Å². The van der Waals surface area contributed by atoms with E-state index in [1.807, 2.05) is 78.3 Å². The van der Waals surface area contributed by atoms with Gasteiger partial charge in [0.15, 0.2) is 12.3 Å². The Balaban J connectivity index is 1.67. The first kappa shape index (κ1) is 21.5. The molecule has 2 aromatic heterocycles. The fraction of sp³-hybridized carbons (Fsp3) is 0.240. The minimum atomic E-state index is -0.192. The van der Waals surface area contributed by atoms with Gasteiger partial charge in [0.05, 0.1) is 11.1 Å². The van der Waals surface area contributed by atoms with E-state index in [0.29, 0.717) is 24.7 Å². The summed E-state index contributed by atoms with van der Waals surface area (Å²) in [5.74, 6) is 0.195. The number of rotatable bonds is 9. The molecule has 0 saturated heterocycles. The largest absolute Gasteiger partial charge is 0.468 e. The molecule has 0 radical (unpaired) electrons. The van der Waals surface area contributed by atoms with Crippen molar-refractivity contribution in [2.45, 2.75) is 13.3 Å². The summed E-state index contributed by atoms with van der Waals surface area (Å²) in [6.07, 6.45) is 0.754. The number of hydrogen-bond acceptors (Lipinski definition) is 5. The molecule has 2 aromatic carbocycles. The van der Waals surface area contributed by atoms with Crippen molar-refractivity contribution in [3.8, 4) is 22.8 Å². The van der Waals surface area contributed by atoms with E-state index in [1.54, 1.807) is 7.11 Å². The summed E-state index contributed by atoms with van der Waals surface area (Å²) in [6, 6.07) is 21.8.